The Bertz CT molecular complexity index is 1210. The number of fused-ring (bicyclic) bond motifs is 1. The zero-order chi connectivity index (χ0) is 30.4. The van der Waals surface area contributed by atoms with Crippen LogP contribution in [0, 0.1) is 13.8 Å². The van der Waals surface area contributed by atoms with E-state index in [9.17, 15) is 0 Å². The predicted molar refractivity (Wildman–Crippen MR) is 182 cm³/mol. The number of hydrogen-bond acceptors (Lipinski definition) is 0. The molecule has 0 aliphatic heterocycles. The summed E-state index contributed by atoms with van der Waals surface area (Å²) < 4.78 is 4.85. The molecule has 0 aliphatic carbocycles. The summed E-state index contributed by atoms with van der Waals surface area (Å²) in [5.41, 5.74) is 14.1. The molecule has 0 radical (unpaired) electrons. The third-order valence-electron chi connectivity index (χ3n) is 8.01. The fourth-order valence-corrected chi connectivity index (χ4v) is 5.02. The summed E-state index contributed by atoms with van der Waals surface area (Å²) in [5.74, 6) is 0. The van der Waals surface area contributed by atoms with E-state index in [0.717, 1.165) is 51.6 Å². The minimum Gasteiger partial charge on any atom is -0.226 e. The van der Waals surface area contributed by atoms with Gasteiger partial charge in [-0.2, -0.15) is 0 Å². The molecule has 2 nitrogen and oxygen atoms in total. The molecular weight excluding hydrogens is 496 g/mol. The van der Waals surface area contributed by atoms with Crippen molar-refractivity contribution in [3.05, 3.63) is 99.5 Å². The first-order valence-electron chi connectivity index (χ1n) is 15.8. The largest absolute Gasteiger partial charge is 0.245 e. The second-order valence-corrected chi connectivity index (χ2v) is 12.8. The van der Waals surface area contributed by atoms with Gasteiger partial charge in [0.1, 0.15) is 13.1 Å². The van der Waals surface area contributed by atoms with Crippen LogP contribution in [0.2, 0.25) is 0 Å². The number of allylic oxidation sites excluding steroid dienone is 12. The molecule has 0 unspecified atom stereocenters. The summed E-state index contributed by atoms with van der Waals surface area (Å²) in [5, 5.41) is 0. The standard InChI is InChI=1S/C39H59N2/c1-30(2)15-11-17-32(5)19-13-21-34(7)23-25-40-29-41(39-28-37(10)36(9)27-38(39)40)26-24-35(8)22-14-20-33(6)18-12-16-31(3)4/h15-16,19-20,23-24,27-29H,11-14,17-18,21-22,25-26H2,1-10H3/q+1/b32-19+,33-20+,34-23+,35-24+. The Labute approximate surface area is 253 Å². The molecule has 1 aromatic carbocycles. The van der Waals surface area contributed by atoms with Crippen molar-refractivity contribution >= 4 is 11.0 Å². The van der Waals surface area contributed by atoms with Gasteiger partial charge < -0.3 is 0 Å². The van der Waals surface area contributed by atoms with Crippen molar-refractivity contribution in [1.29, 1.82) is 0 Å². The normalized spacial score (nSPS) is 13.2. The van der Waals surface area contributed by atoms with E-state index in [2.05, 4.69) is 133 Å². The van der Waals surface area contributed by atoms with Crippen LogP contribution >= 0.6 is 0 Å². The van der Waals surface area contributed by atoms with Gasteiger partial charge in [-0.1, -0.05) is 57.7 Å². The lowest BCUT2D eigenvalue weighted by Crippen LogP contribution is -2.31. The molecule has 2 heteroatoms. The first-order chi connectivity index (χ1) is 19.5. The number of nitrogens with zero attached hydrogens (tertiary/aromatic N) is 2. The van der Waals surface area contributed by atoms with Crippen molar-refractivity contribution in [2.24, 2.45) is 0 Å². The minimum atomic E-state index is 0.917. The van der Waals surface area contributed by atoms with E-state index >= 15 is 0 Å². The van der Waals surface area contributed by atoms with E-state index in [4.69, 9.17) is 0 Å². The summed E-state index contributed by atoms with van der Waals surface area (Å²) >= 11 is 0. The predicted octanol–water partition coefficient (Wildman–Crippen LogP) is 11.4. The van der Waals surface area contributed by atoms with Crippen molar-refractivity contribution < 1.29 is 4.57 Å². The highest BCUT2D eigenvalue weighted by atomic mass is 15.1. The Morgan fingerprint density at radius 3 is 1.54 bits per heavy atom. The second-order valence-electron chi connectivity index (χ2n) is 12.8. The molecule has 0 N–H and O–H groups in total. The zero-order valence-corrected chi connectivity index (χ0v) is 28.2. The van der Waals surface area contributed by atoms with Crippen molar-refractivity contribution in [3.8, 4) is 0 Å². The van der Waals surface area contributed by atoms with Crippen LogP contribution in [0.1, 0.15) is 118 Å². The Morgan fingerprint density at radius 1 is 0.585 bits per heavy atom. The molecule has 224 valence electrons. The molecule has 0 bridgehead atoms. The monoisotopic (exact) mass is 555 g/mol. The van der Waals surface area contributed by atoms with Gasteiger partial charge in [-0.15, -0.1) is 0 Å². The van der Waals surface area contributed by atoms with Crippen LogP contribution in [-0.4, -0.2) is 4.57 Å². The van der Waals surface area contributed by atoms with Gasteiger partial charge in [0.05, 0.1) is 0 Å². The zero-order valence-electron chi connectivity index (χ0n) is 28.2. The van der Waals surface area contributed by atoms with E-state index in [1.54, 1.807) is 0 Å². The topological polar surface area (TPSA) is 8.81 Å². The van der Waals surface area contributed by atoms with Gasteiger partial charge in [0.25, 0.3) is 0 Å². The van der Waals surface area contributed by atoms with Crippen LogP contribution in [0.5, 0.6) is 0 Å². The van der Waals surface area contributed by atoms with Gasteiger partial charge in [0.15, 0.2) is 11.0 Å². The quantitative estimate of drug-likeness (QED) is 0.144. The fraction of sp³-hybridized carbons (Fsp3) is 0.513. The highest BCUT2D eigenvalue weighted by Gasteiger charge is 2.16. The van der Waals surface area contributed by atoms with E-state index in [1.807, 2.05) is 0 Å². The van der Waals surface area contributed by atoms with Gasteiger partial charge in [-0.05, 0) is 156 Å². The van der Waals surface area contributed by atoms with E-state index in [0.29, 0.717) is 0 Å². The van der Waals surface area contributed by atoms with Crippen LogP contribution in [0.3, 0.4) is 0 Å². The molecular formula is C39H59N2+. The summed E-state index contributed by atoms with van der Waals surface area (Å²) in [4.78, 5) is 0. The van der Waals surface area contributed by atoms with E-state index < -0.39 is 0 Å². The van der Waals surface area contributed by atoms with Crippen LogP contribution < -0.4 is 4.57 Å². The lowest BCUT2D eigenvalue weighted by molar-refractivity contribution is -0.661. The average molecular weight is 556 g/mol. The maximum absolute atomic E-state index is 2.43. The molecule has 2 aromatic rings. The molecule has 41 heavy (non-hydrogen) atoms. The number of rotatable bonds is 16. The summed E-state index contributed by atoms with van der Waals surface area (Å²) in [6.07, 6.45) is 25.8. The summed E-state index contributed by atoms with van der Waals surface area (Å²) in [7, 11) is 0. The number of aromatic nitrogens is 2. The SMILES string of the molecule is CC(C)=CCC/C(C)=C/CC/C(C)=C/Cn1c[n+](C/C=C(\C)CC/C=C(\C)CCC=C(C)C)c2cc(C)c(C)cc21. The molecule has 1 heterocycles. The van der Waals surface area contributed by atoms with Crippen LogP contribution in [0.4, 0.5) is 0 Å². The van der Waals surface area contributed by atoms with Crippen LogP contribution in [0.25, 0.3) is 11.0 Å². The number of benzene rings is 1. The average Bonchev–Trinajstić information content (AvgIpc) is 3.22. The maximum atomic E-state index is 2.43. The Morgan fingerprint density at radius 2 is 1.02 bits per heavy atom. The lowest BCUT2D eigenvalue weighted by atomic mass is 10.1. The smallest absolute Gasteiger partial charge is 0.226 e. The van der Waals surface area contributed by atoms with Crippen LogP contribution in [-0.2, 0) is 13.1 Å². The second kappa shape index (κ2) is 17.8. The van der Waals surface area contributed by atoms with Crippen molar-refractivity contribution in [3.63, 3.8) is 0 Å². The molecule has 0 saturated heterocycles. The molecule has 0 spiro atoms. The van der Waals surface area contributed by atoms with Gasteiger partial charge in [0, 0.05) is 0 Å². The minimum absolute atomic E-state index is 0.917. The lowest BCUT2D eigenvalue weighted by Gasteiger charge is -2.02. The van der Waals surface area contributed by atoms with E-state index in [1.165, 1.54) is 68.4 Å². The summed E-state index contributed by atoms with van der Waals surface area (Å²) in [6.45, 7) is 24.1. The van der Waals surface area contributed by atoms with Gasteiger partial charge in [-0.3, -0.25) is 0 Å². The van der Waals surface area contributed by atoms with Gasteiger partial charge in [-0.25, -0.2) is 9.13 Å². The number of hydrogen-bond donors (Lipinski definition) is 0. The number of aryl methyl sites for hydroxylation is 2. The molecule has 0 saturated carbocycles. The molecule has 1 aromatic heterocycles. The number of imidazole rings is 1. The Hall–Kier alpha value is -2.87. The van der Waals surface area contributed by atoms with Crippen molar-refractivity contribution in [2.75, 3.05) is 0 Å². The van der Waals surface area contributed by atoms with E-state index in [-0.39, 0.29) is 0 Å². The van der Waals surface area contributed by atoms with Crippen LogP contribution in [0.15, 0.2) is 88.4 Å². The van der Waals surface area contributed by atoms with Gasteiger partial charge >= 0.3 is 0 Å². The molecule has 2 rings (SSSR count). The maximum Gasteiger partial charge on any atom is 0.245 e. The fourth-order valence-electron chi connectivity index (χ4n) is 5.02. The van der Waals surface area contributed by atoms with Crippen molar-refractivity contribution in [2.45, 2.75) is 134 Å². The Balaban J connectivity index is 2.04. The molecule has 0 aliphatic rings. The molecule has 0 atom stereocenters. The highest BCUT2D eigenvalue weighted by Crippen LogP contribution is 2.19. The third kappa shape index (κ3) is 13.1. The molecule has 0 fully saturated rings. The Kier molecular flexibility index (Phi) is 14.9. The first-order valence-corrected chi connectivity index (χ1v) is 15.8. The summed E-state index contributed by atoms with van der Waals surface area (Å²) in [6, 6.07) is 4.73. The third-order valence-corrected chi connectivity index (χ3v) is 8.01. The highest BCUT2D eigenvalue weighted by molar-refractivity contribution is 5.74. The van der Waals surface area contributed by atoms with Gasteiger partial charge in [0.2, 0.25) is 6.33 Å². The van der Waals surface area contributed by atoms with Crippen molar-refractivity contribution in [1.82, 2.24) is 4.57 Å². The molecule has 0 amide bonds. The first kappa shape index (κ1) is 34.3.